The van der Waals surface area contributed by atoms with Crippen molar-refractivity contribution in [3.63, 3.8) is 0 Å². The number of rotatable bonds is 1. The summed E-state index contributed by atoms with van der Waals surface area (Å²) < 4.78 is 0. The second kappa shape index (κ2) is 4.71. The van der Waals surface area contributed by atoms with E-state index in [2.05, 4.69) is 5.32 Å². The number of amides is 2. The van der Waals surface area contributed by atoms with E-state index in [1.54, 1.807) is 36.4 Å². The number of hydrogen-bond donors (Lipinski definition) is 1. The second-order valence-electron chi connectivity index (χ2n) is 5.62. The van der Waals surface area contributed by atoms with Crippen molar-refractivity contribution in [3.05, 3.63) is 58.7 Å². The Labute approximate surface area is 131 Å². The van der Waals surface area contributed by atoms with E-state index in [0.29, 0.717) is 33.4 Å². The number of fused-ring (bicyclic) bond motifs is 2. The molecule has 2 aromatic carbocycles. The Hall–Kier alpha value is -3.08. The smallest absolute Gasteiger partial charge is 0.258 e. The Balaban J connectivity index is 1.94. The quantitative estimate of drug-likeness (QED) is 0.820. The molecule has 0 aromatic heterocycles. The fourth-order valence-electron chi connectivity index (χ4n) is 3.15. The first-order valence-electron chi connectivity index (χ1n) is 7.26. The van der Waals surface area contributed by atoms with Gasteiger partial charge in [0.15, 0.2) is 11.6 Å². The Bertz CT molecular complexity index is 927. The summed E-state index contributed by atoms with van der Waals surface area (Å²) in [6, 6.07) is 9.99. The molecule has 5 heteroatoms. The number of ketones is 2. The van der Waals surface area contributed by atoms with E-state index in [1.807, 2.05) is 0 Å². The topological polar surface area (TPSA) is 80.3 Å². The molecule has 1 N–H and O–H groups in total. The van der Waals surface area contributed by atoms with Crippen LogP contribution in [0.1, 0.15) is 54.3 Å². The zero-order chi connectivity index (χ0) is 16.1. The molecule has 0 radical (unpaired) electrons. The zero-order valence-electron chi connectivity index (χ0n) is 12.0. The van der Waals surface area contributed by atoms with Crippen LogP contribution in [0.5, 0.6) is 0 Å². The molecule has 4 rings (SSSR count). The zero-order valence-corrected chi connectivity index (χ0v) is 12.0. The predicted molar refractivity (Wildman–Crippen MR) is 81.6 cm³/mol. The van der Waals surface area contributed by atoms with E-state index in [-0.39, 0.29) is 24.4 Å². The van der Waals surface area contributed by atoms with Crippen molar-refractivity contribution in [1.82, 2.24) is 5.32 Å². The highest BCUT2D eigenvalue weighted by Gasteiger charge is 2.29. The van der Waals surface area contributed by atoms with Gasteiger partial charge in [0.05, 0.1) is 11.1 Å². The molecule has 0 saturated carbocycles. The third-order valence-corrected chi connectivity index (χ3v) is 4.27. The van der Waals surface area contributed by atoms with Crippen molar-refractivity contribution >= 4 is 23.4 Å². The molecule has 23 heavy (non-hydrogen) atoms. The molecule has 2 aromatic rings. The molecule has 1 heterocycles. The highest BCUT2D eigenvalue weighted by Crippen LogP contribution is 2.33. The van der Waals surface area contributed by atoms with Crippen LogP contribution in [0, 0.1) is 0 Å². The monoisotopic (exact) mass is 305 g/mol. The first kappa shape index (κ1) is 13.6. The number of carbonyl (C=O) groups excluding carboxylic acids is 4. The van der Waals surface area contributed by atoms with Crippen LogP contribution in [-0.2, 0) is 0 Å². The molecule has 1 aliphatic carbocycles. The lowest BCUT2D eigenvalue weighted by Gasteiger charge is -2.17. The summed E-state index contributed by atoms with van der Waals surface area (Å²) in [6.45, 7) is 0. The number of benzene rings is 2. The van der Waals surface area contributed by atoms with Gasteiger partial charge in [0.1, 0.15) is 0 Å². The Kier molecular flexibility index (Phi) is 2.78. The normalized spacial score (nSPS) is 16.2. The summed E-state index contributed by atoms with van der Waals surface area (Å²) in [6.07, 6.45) is 0.434. The Morgan fingerprint density at radius 3 is 2.22 bits per heavy atom. The van der Waals surface area contributed by atoms with Gasteiger partial charge in [0.2, 0.25) is 0 Å². The third-order valence-electron chi connectivity index (χ3n) is 4.27. The van der Waals surface area contributed by atoms with Crippen LogP contribution in [-0.4, -0.2) is 23.4 Å². The highest BCUT2D eigenvalue weighted by atomic mass is 16.2. The summed E-state index contributed by atoms with van der Waals surface area (Å²) in [5, 5.41) is 2.24. The molecule has 2 aliphatic rings. The standard InChI is InChI=1S/C18H11NO4/c20-14-6-7-15(21)16-10(2-1-3-12(14)16)9-4-5-11-13(8-9)18(23)19-17(11)22/h1-5,8H,6-7H2,(H,19,22,23). The van der Waals surface area contributed by atoms with Gasteiger partial charge >= 0.3 is 0 Å². The molecule has 0 saturated heterocycles. The molecule has 1 aliphatic heterocycles. The molecule has 2 amide bonds. The molecular formula is C18H11NO4. The minimum absolute atomic E-state index is 0.0458. The third kappa shape index (κ3) is 1.93. The van der Waals surface area contributed by atoms with E-state index in [0.717, 1.165) is 0 Å². The van der Waals surface area contributed by atoms with Gasteiger partial charge in [-0.15, -0.1) is 0 Å². The van der Waals surface area contributed by atoms with Crippen molar-refractivity contribution in [2.75, 3.05) is 0 Å². The summed E-state index contributed by atoms with van der Waals surface area (Å²) in [7, 11) is 0. The van der Waals surface area contributed by atoms with Gasteiger partial charge in [-0.3, -0.25) is 24.5 Å². The highest BCUT2D eigenvalue weighted by molar-refractivity contribution is 6.22. The Morgan fingerprint density at radius 2 is 1.39 bits per heavy atom. The SMILES string of the molecule is O=C1NC(=O)c2cc(-c3cccc4c3C(=O)CCC4=O)ccc21. The minimum Gasteiger partial charge on any atom is -0.294 e. The minimum atomic E-state index is -0.445. The summed E-state index contributed by atoms with van der Waals surface area (Å²) >= 11 is 0. The first-order valence-corrected chi connectivity index (χ1v) is 7.26. The molecule has 5 nitrogen and oxygen atoms in total. The van der Waals surface area contributed by atoms with Crippen LogP contribution in [0.3, 0.4) is 0 Å². The van der Waals surface area contributed by atoms with Crippen molar-refractivity contribution < 1.29 is 19.2 Å². The number of Topliss-reactive ketones (excluding diaryl/α,β-unsaturated/α-hetero) is 2. The van der Waals surface area contributed by atoms with Crippen molar-refractivity contribution in [1.29, 1.82) is 0 Å². The predicted octanol–water partition coefficient (Wildman–Crippen LogP) is 2.40. The fourth-order valence-corrected chi connectivity index (χ4v) is 3.15. The van der Waals surface area contributed by atoms with Gasteiger partial charge in [0.25, 0.3) is 11.8 Å². The second-order valence-corrected chi connectivity index (χ2v) is 5.62. The summed E-state index contributed by atoms with van der Waals surface area (Å²) in [5.74, 6) is -0.983. The van der Waals surface area contributed by atoms with Crippen molar-refractivity contribution in [3.8, 4) is 11.1 Å². The maximum Gasteiger partial charge on any atom is 0.258 e. The Morgan fingerprint density at radius 1 is 0.696 bits per heavy atom. The first-order chi connectivity index (χ1) is 11.1. The molecule has 0 atom stereocenters. The van der Waals surface area contributed by atoms with Gasteiger partial charge in [-0.05, 0) is 23.3 Å². The van der Waals surface area contributed by atoms with E-state index < -0.39 is 11.8 Å². The van der Waals surface area contributed by atoms with Crippen LogP contribution >= 0.6 is 0 Å². The molecule has 0 fully saturated rings. The molecule has 112 valence electrons. The van der Waals surface area contributed by atoms with E-state index >= 15 is 0 Å². The maximum atomic E-state index is 12.3. The molecular weight excluding hydrogens is 294 g/mol. The average molecular weight is 305 g/mol. The maximum absolute atomic E-state index is 12.3. The summed E-state index contributed by atoms with van der Waals surface area (Å²) in [5.41, 5.74) is 2.72. The average Bonchev–Trinajstić information content (AvgIpc) is 2.85. The number of imide groups is 1. The van der Waals surface area contributed by atoms with Crippen LogP contribution in [0.4, 0.5) is 0 Å². The number of nitrogens with one attached hydrogen (secondary N) is 1. The van der Waals surface area contributed by atoms with Crippen LogP contribution < -0.4 is 5.32 Å². The number of carbonyl (C=O) groups is 4. The number of hydrogen-bond acceptors (Lipinski definition) is 4. The fraction of sp³-hybridized carbons (Fsp3) is 0.111. The molecule has 0 bridgehead atoms. The van der Waals surface area contributed by atoms with Gasteiger partial charge < -0.3 is 0 Å². The van der Waals surface area contributed by atoms with Crippen molar-refractivity contribution in [2.24, 2.45) is 0 Å². The van der Waals surface area contributed by atoms with E-state index in [1.165, 1.54) is 0 Å². The molecule has 0 unspecified atom stereocenters. The van der Waals surface area contributed by atoms with E-state index in [9.17, 15) is 19.2 Å². The lowest BCUT2D eigenvalue weighted by Crippen LogP contribution is -2.19. The van der Waals surface area contributed by atoms with Crippen LogP contribution in [0.2, 0.25) is 0 Å². The van der Waals surface area contributed by atoms with Gasteiger partial charge in [-0.25, -0.2) is 0 Å². The van der Waals surface area contributed by atoms with Crippen LogP contribution in [0.25, 0.3) is 11.1 Å². The van der Waals surface area contributed by atoms with Crippen LogP contribution in [0.15, 0.2) is 36.4 Å². The largest absolute Gasteiger partial charge is 0.294 e. The van der Waals surface area contributed by atoms with E-state index in [4.69, 9.17) is 0 Å². The molecule has 0 spiro atoms. The lowest BCUT2D eigenvalue weighted by molar-refractivity contribution is 0.0878. The van der Waals surface area contributed by atoms with Gasteiger partial charge in [-0.1, -0.05) is 24.3 Å². The van der Waals surface area contributed by atoms with Crippen molar-refractivity contribution in [2.45, 2.75) is 12.8 Å². The van der Waals surface area contributed by atoms with Gasteiger partial charge in [-0.2, -0.15) is 0 Å². The lowest BCUT2D eigenvalue weighted by atomic mass is 9.84. The summed E-state index contributed by atoms with van der Waals surface area (Å²) in [4.78, 5) is 47.8. The van der Waals surface area contributed by atoms with Gasteiger partial charge in [0, 0.05) is 24.0 Å².